The van der Waals surface area contributed by atoms with Crippen LogP contribution in [0.2, 0.25) is 0 Å². The molecule has 0 bridgehead atoms. The molecule has 0 spiro atoms. The maximum atomic E-state index is 12.6. The lowest BCUT2D eigenvalue weighted by Crippen LogP contribution is -2.36. The summed E-state index contributed by atoms with van der Waals surface area (Å²) in [4.78, 5) is 24.5. The molecule has 7 nitrogen and oxygen atoms in total. The highest BCUT2D eigenvalue weighted by molar-refractivity contribution is 7.17. The summed E-state index contributed by atoms with van der Waals surface area (Å²) in [5, 5.41) is 9.06. The minimum absolute atomic E-state index is 0.0924. The topological polar surface area (TPSA) is 77.6 Å². The third kappa shape index (κ3) is 2.87. The van der Waals surface area contributed by atoms with Crippen molar-refractivity contribution in [3.8, 4) is 0 Å². The van der Waals surface area contributed by atoms with Gasteiger partial charge in [-0.15, -0.1) is 11.3 Å². The second-order valence-electron chi connectivity index (χ2n) is 5.11. The SMILES string of the molecule is CCc1nn(CC(=O)NCCOC)c(=O)c2cc3sccc3n12. The first-order valence-electron chi connectivity index (χ1n) is 7.40. The van der Waals surface area contributed by atoms with Crippen LogP contribution in [0.1, 0.15) is 12.7 Å². The number of nitrogens with zero attached hydrogens (tertiary/aromatic N) is 3. The number of thiophene rings is 1. The van der Waals surface area contributed by atoms with E-state index in [4.69, 9.17) is 4.74 Å². The fraction of sp³-hybridized carbons (Fsp3) is 0.400. The number of amides is 1. The number of methoxy groups -OCH3 is 1. The Labute approximate surface area is 136 Å². The molecular weight excluding hydrogens is 316 g/mol. The summed E-state index contributed by atoms with van der Waals surface area (Å²) in [6.45, 7) is 2.73. The Hall–Kier alpha value is -2.19. The third-order valence-electron chi connectivity index (χ3n) is 3.61. The Bertz CT molecular complexity index is 909. The van der Waals surface area contributed by atoms with E-state index in [9.17, 15) is 9.59 Å². The van der Waals surface area contributed by atoms with Gasteiger partial charge in [0, 0.05) is 20.1 Å². The number of rotatable bonds is 6. The monoisotopic (exact) mass is 334 g/mol. The van der Waals surface area contributed by atoms with Crippen LogP contribution in [0.15, 0.2) is 22.3 Å². The van der Waals surface area contributed by atoms with Crippen molar-refractivity contribution in [3.63, 3.8) is 0 Å². The van der Waals surface area contributed by atoms with Crippen molar-refractivity contribution < 1.29 is 9.53 Å². The highest BCUT2D eigenvalue weighted by Gasteiger charge is 2.15. The molecule has 0 atom stereocenters. The molecule has 8 heteroatoms. The predicted molar refractivity (Wildman–Crippen MR) is 89.1 cm³/mol. The first-order chi connectivity index (χ1) is 11.2. The van der Waals surface area contributed by atoms with Crippen molar-refractivity contribution in [2.75, 3.05) is 20.3 Å². The second-order valence-corrected chi connectivity index (χ2v) is 6.06. The first kappa shape index (κ1) is 15.7. The molecule has 0 saturated carbocycles. The zero-order chi connectivity index (χ0) is 16.4. The van der Waals surface area contributed by atoms with E-state index >= 15 is 0 Å². The smallest absolute Gasteiger partial charge is 0.291 e. The standard InChI is InChI=1S/C15H18N4O3S/c1-3-13-17-18(9-14(20)16-5-6-22-2)15(21)11-8-12-10(19(11)13)4-7-23-12/h4,7-8H,3,5-6,9H2,1-2H3,(H,16,20). The van der Waals surface area contributed by atoms with Crippen molar-refractivity contribution in [2.24, 2.45) is 0 Å². The van der Waals surface area contributed by atoms with Crippen LogP contribution in [0.25, 0.3) is 15.7 Å². The van der Waals surface area contributed by atoms with E-state index in [0.29, 0.717) is 25.1 Å². The number of carbonyl (C=O) groups excluding carboxylic acids is 1. The van der Waals surface area contributed by atoms with Crippen LogP contribution in [0, 0.1) is 0 Å². The molecule has 3 aromatic rings. The number of carbonyl (C=O) groups is 1. The Balaban J connectivity index is 2.00. The number of hydrogen-bond donors (Lipinski definition) is 1. The summed E-state index contributed by atoms with van der Waals surface area (Å²) >= 11 is 1.58. The van der Waals surface area contributed by atoms with E-state index < -0.39 is 0 Å². The Morgan fingerprint density at radius 2 is 2.26 bits per heavy atom. The maximum Gasteiger partial charge on any atom is 0.291 e. The molecule has 3 rings (SSSR count). The molecule has 0 aliphatic heterocycles. The maximum absolute atomic E-state index is 12.6. The van der Waals surface area contributed by atoms with Crippen LogP contribution < -0.4 is 10.9 Å². The minimum atomic E-state index is -0.257. The van der Waals surface area contributed by atoms with Crippen LogP contribution in [-0.4, -0.2) is 40.3 Å². The number of nitrogens with one attached hydrogen (secondary N) is 1. The van der Waals surface area contributed by atoms with Gasteiger partial charge in [0.25, 0.3) is 5.56 Å². The number of fused-ring (bicyclic) bond motifs is 3. The summed E-state index contributed by atoms with van der Waals surface area (Å²) in [6, 6.07) is 3.84. The number of aryl methyl sites for hydroxylation is 1. The molecule has 23 heavy (non-hydrogen) atoms. The summed E-state index contributed by atoms with van der Waals surface area (Å²) in [6.07, 6.45) is 0.668. The van der Waals surface area contributed by atoms with E-state index in [1.165, 1.54) is 4.68 Å². The molecule has 0 unspecified atom stereocenters. The lowest BCUT2D eigenvalue weighted by Gasteiger charge is -2.10. The van der Waals surface area contributed by atoms with E-state index in [-0.39, 0.29) is 18.0 Å². The van der Waals surface area contributed by atoms with Gasteiger partial charge in [-0.3, -0.25) is 14.0 Å². The molecule has 1 N–H and O–H groups in total. The molecule has 0 aromatic carbocycles. The fourth-order valence-corrected chi connectivity index (χ4v) is 3.35. The van der Waals surface area contributed by atoms with E-state index in [1.807, 2.05) is 28.8 Å². The lowest BCUT2D eigenvalue weighted by atomic mass is 10.4. The van der Waals surface area contributed by atoms with Crippen molar-refractivity contribution in [1.82, 2.24) is 19.5 Å². The zero-order valence-corrected chi connectivity index (χ0v) is 13.9. The lowest BCUT2D eigenvalue weighted by molar-refractivity contribution is -0.122. The van der Waals surface area contributed by atoms with E-state index in [0.717, 1.165) is 16.0 Å². The average molecular weight is 334 g/mol. The molecule has 122 valence electrons. The van der Waals surface area contributed by atoms with Gasteiger partial charge in [0.1, 0.15) is 17.9 Å². The van der Waals surface area contributed by atoms with Gasteiger partial charge in [-0.05, 0) is 17.5 Å². The highest BCUT2D eigenvalue weighted by Crippen LogP contribution is 2.24. The van der Waals surface area contributed by atoms with Gasteiger partial charge in [0.2, 0.25) is 5.91 Å². The number of ether oxygens (including phenoxy) is 1. The van der Waals surface area contributed by atoms with Gasteiger partial charge in [-0.1, -0.05) is 6.92 Å². The molecule has 0 aliphatic carbocycles. The number of aromatic nitrogens is 3. The molecule has 0 radical (unpaired) electrons. The molecule has 3 aromatic heterocycles. The zero-order valence-electron chi connectivity index (χ0n) is 13.0. The summed E-state index contributed by atoms with van der Waals surface area (Å²) in [5.41, 5.74) is 1.29. The Morgan fingerprint density at radius 1 is 1.43 bits per heavy atom. The normalized spacial score (nSPS) is 11.4. The summed E-state index contributed by atoms with van der Waals surface area (Å²) in [7, 11) is 1.57. The quantitative estimate of drug-likeness (QED) is 0.683. The van der Waals surface area contributed by atoms with Gasteiger partial charge >= 0.3 is 0 Å². The average Bonchev–Trinajstić information content (AvgIpc) is 3.11. The predicted octanol–water partition coefficient (Wildman–Crippen LogP) is 1.04. The van der Waals surface area contributed by atoms with Gasteiger partial charge in [-0.2, -0.15) is 5.10 Å². The Morgan fingerprint density at radius 3 is 3.00 bits per heavy atom. The summed E-state index contributed by atoms with van der Waals surface area (Å²) < 4.78 is 9.04. The number of hydrogen-bond acceptors (Lipinski definition) is 5. The van der Waals surface area contributed by atoms with Crippen LogP contribution in [-0.2, 0) is 22.5 Å². The van der Waals surface area contributed by atoms with Gasteiger partial charge in [0.15, 0.2) is 0 Å². The Kier molecular flexibility index (Phi) is 4.44. The van der Waals surface area contributed by atoms with E-state index in [1.54, 1.807) is 18.4 Å². The highest BCUT2D eigenvalue weighted by atomic mass is 32.1. The van der Waals surface area contributed by atoms with Crippen LogP contribution in [0.5, 0.6) is 0 Å². The van der Waals surface area contributed by atoms with Crippen LogP contribution in [0.4, 0.5) is 0 Å². The van der Waals surface area contributed by atoms with Crippen LogP contribution >= 0.6 is 11.3 Å². The largest absolute Gasteiger partial charge is 0.383 e. The van der Waals surface area contributed by atoms with Gasteiger partial charge < -0.3 is 10.1 Å². The van der Waals surface area contributed by atoms with E-state index in [2.05, 4.69) is 10.4 Å². The molecule has 3 heterocycles. The van der Waals surface area contributed by atoms with Gasteiger partial charge in [-0.25, -0.2) is 4.68 Å². The molecule has 0 fully saturated rings. The molecule has 0 saturated heterocycles. The second kappa shape index (κ2) is 6.51. The van der Waals surface area contributed by atoms with Crippen LogP contribution in [0.3, 0.4) is 0 Å². The third-order valence-corrected chi connectivity index (χ3v) is 4.46. The van der Waals surface area contributed by atoms with Crippen molar-refractivity contribution >= 4 is 33.0 Å². The minimum Gasteiger partial charge on any atom is -0.383 e. The fourth-order valence-electron chi connectivity index (χ4n) is 2.54. The molecule has 0 aliphatic rings. The summed E-state index contributed by atoms with van der Waals surface area (Å²) in [5.74, 6) is 0.508. The molecule has 1 amide bonds. The van der Waals surface area contributed by atoms with Crippen molar-refractivity contribution in [1.29, 1.82) is 0 Å². The van der Waals surface area contributed by atoms with Crippen molar-refractivity contribution in [3.05, 3.63) is 33.7 Å². The molecular formula is C15H18N4O3S. The first-order valence-corrected chi connectivity index (χ1v) is 8.28. The van der Waals surface area contributed by atoms with Crippen molar-refractivity contribution in [2.45, 2.75) is 19.9 Å². The van der Waals surface area contributed by atoms with Gasteiger partial charge in [0.05, 0.1) is 16.8 Å².